The highest BCUT2D eigenvalue weighted by atomic mass is 16.4. The van der Waals surface area contributed by atoms with E-state index in [4.69, 9.17) is 0 Å². The number of aromatic amines is 1. The Bertz CT molecular complexity index is 646. The normalized spacial score (nSPS) is 11.9. The average Bonchev–Trinajstić information content (AvgIpc) is 2.84. The van der Waals surface area contributed by atoms with Crippen LogP contribution in [0.2, 0.25) is 0 Å². The van der Waals surface area contributed by atoms with Gasteiger partial charge in [-0.3, -0.25) is 0 Å². The van der Waals surface area contributed by atoms with Crippen molar-refractivity contribution >= 4 is 5.97 Å². The summed E-state index contributed by atoms with van der Waals surface area (Å²) in [6.07, 6.45) is 0. The monoisotopic (exact) mass is 286 g/mol. The zero-order valence-corrected chi connectivity index (χ0v) is 13.2. The molecule has 21 heavy (non-hydrogen) atoms. The molecule has 1 aromatic carbocycles. The predicted octanol–water partition coefficient (Wildman–Crippen LogP) is 4.20. The number of nitrogens with zero attached hydrogens (tertiary/aromatic N) is 1. The molecule has 1 heterocycles. The van der Waals surface area contributed by atoms with Gasteiger partial charge in [0.2, 0.25) is 0 Å². The third kappa shape index (κ3) is 3.15. The largest absolute Gasteiger partial charge is 0.476 e. The molecule has 0 aliphatic heterocycles. The van der Waals surface area contributed by atoms with E-state index in [0.29, 0.717) is 17.4 Å². The van der Waals surface area contributed by atoms with Crippen molar-refractivity contribution in [2.24, 2.45) is 0 Å². The summed E-state index contributed by atoms with van der Waals surface area (Å²) in [7, 11) is 0. The first-order valence-electron chi connectivity index (χ1n) is 7.14. The fraction of sp³-hybridized carbons (Fsp3) is 0.412. The third-order valence-electron chi connectivity index (χ3n) is 3.51. The van der Waals surface area contributed by atoms with Gasteiger partial charge >= 0.3 is 5.97 Å². The van der Waals surface area contributed by atoms with Crippen LogP contribution in [0.4, 0.5) is 0 Å². The molecule has 0 fully saturated rings. The van der Waals surface area contributed by atoms with E-state index < -0.39 is 5.97 Å². The molecule has 2 rings (SSSR count). The Labute approximate surface area is 125 Å². The summed E-state index contributed by atoms with van der Waals surface area (Å²) in [5, 5.41) is 9.32. The van der Waals surface area contributed by atoms with Gasteiger partial charge in [-0.15, -0.1) is 0 Å². The van der Waals surface area contributed by atoms with Crippen LogP contribution in [0.25, 0.3) is 11.4 Å². The summed E-state index contributed by atoms with van der Waals surface area (Å²) in [6, 6.07) is 8.07. The smallest absolute Gasteiger partial charge is 0.356 e. The zero-order chi connectivity index (χ0) is 15.8. The molecule has 0 spiro atoms. The number of aromatic nitrogens is 2. The van der Waals surface area contributed by atoms with E-state index >= 15 is 0 Å². The van der Waals surface area contributed by atoms with Gasteiger partial charge in [-0.05, 0) is 11.5 Å². The average molecular weight is 286 g/mol. The minimum absolute atomic E-state index is 0.102. The quantitative estimate of drug-likeness (QED) is 0.888. The van der Waals surface area contributed by atoms with Crippen LogP contribution < -0.4 is 0 Å². The Hall–Kier alpha value is -2.10. The molecule has 0 saturated carbocycles. The fourth-order valence-electron chi connectivity index (χ4n) is 2.23. The molecule has 2 aromatic rings. The summed E-state index contributed by atoms with van der Waals surface area (Å²) in [5.41, 5.74) is 2.61. The van der Waals surface area contributed by atoms with Crippen LogP contribution in [0.15, 0.2) is 24.3 Å². The molecule has 0 amide bonds. The number of carboxylic acids is 1. The van der Waals surface area contributed by atoms with Gasteiger partial charge in [0.15, 0.2) is 5.69 Å². The molecule has 112 valence electrons. The van der Waals surface area contributed by atoms with Gasteiger partial charge in [-0.2, -0.15) is 0 Å². The van der Waals surface area contributed by atoms with E-state index in [9.17, 15) is 9.90 Å². The SMILES string of the molecule is CC(C)c1ccc(-c2nc(C(=O)O)c(C(C)(C)C)[nH]2)cc1. The first-order valence-corrected chi connectivity index (χ1v) is 7.14. The van der Waals surface area contributed by atoms with Crippen molar-refractivity contribution in [3.63, 3.8) is 0 Å². The molecule has 0 radical (unpaired) electrons. The highest BCUT2D eigenvalue weighted by Crippen LogP contribution is 2.28. The summed E-state index contributed by atoms with van der Waals surface area (Å²) in [5.74, 6) is 0.0734. The predicted molar refractivity (Wildman–Crippen MR) is 83.8 cm³/mol. The van der Waals surface area contributed by atoms with Crippen molar-refractivity contribution in [3.05, 3.63) is 41.2 Å². The van der Waals surface area contributed by atoms with Gasteiger partial charge in [-0.1, -0.05) is 58.9 Å². The van der Waals surface area contributed by atoms with E-state index in [1.807, 2.05) is 32.9 Å². The number of hydrogen-bond acceptors (Lipinski definition) is 2. The van der Waals surface area contributed by atoms with Crippen LogP contribution >= 0.6 is 0 Å². The Morgan fingerprint density at radius 3 is 2.14 bits per heavy atom. The maximum absolute atomic E-state index is 11.4. The summed E-state index contributed by atoms with van der Waals surface area (Å²) < 4.78 is 0. The summed E-state index contributed by atoms with van der Waals surface area (Å²) in [6.45, 7) is 10.2. The first-order chi connectivity index (χ1) is 9.70. The molecule has 2 N–H and O–H groups in total. The number of carbonyl (C=O) groups is 1. The van der Waals surface area contributed by atoms with E-state index in [1.165, 1.54) is 5.56 Å². The van der Waals surface area contributed by atoms with Crippen LogP contribution in [0, 0.1) is 0 Å². The molecule has 4 heteroatoms. The van der Waals surface area contributed by atoms with Gasteiger partial charge in [-0.25, -0.2) is 9.78 Å². The maximum Gasteiger partial charge on any atom is 0.356 e. The standard InChI is InChI=1S/C17H22N2O2/c1-10(2)11-6-8-12(9-7-11)15-18-13(16(20)21)14(19-15)17(3,4)5/h6-10H,1-5H3,(H,18,19)(H,20,21). The lowest BCUT2D eigenvalue weighted by Crippen LogP contribution is -2.16. The Morgan fingerprint density at radius 1 is 1.19 bits per heavy atom. The molecule has 0 aliphatic carbocycles. The van der Waals surface area contributed by atoms with Crippen LogP contribution in [0.1, 0.15) is 62.3 Å². The molecular formula is C17H22N2O2. The van der Waals surface area contributed by atoms with Crippen LogP contribution in [0.5, 0.6) is 0 Å². The van der Waals surface area contributed by atoms with Crippen LogP contribution in [-0.4, -0.2) is 21.0 Å². The fourth-order valence-corrected chi connectivity index (χ4v) is 2.23. The summed E-state index contributed by atoms with van der Waals surface area (Å²) >= 11 is 0. The molecule has 0 aliphatic rings. The number of aromatic carboxylic acids is 1. The van der Waals surface area contributed by atoms with Crippen molar-refractivity contribution in [2.45, 2.75) is 46.0 Å². The van der Waals surface area contributed by atoms with Gasteiger partial charge in [0, 0.05) is 11.0 Å². The van der Waals surface area contributed by atoms with E-state index in [2.05, 4.69) is 35.9 Å². The maximum atomic E-state index is 11.4. The van der Waals surface area contributed by atoms with Gasteiger partial charge in [0.05, 0.1) is 5.69 Å². The Kier molecular flexibility index (Phi) is 3.90. The third-order valence-corrected chi connectivity index (χ3v) is 3.51. The number of hydrogen-bond donors (Lipinski definition) is 2. The molecule has 1 aromatic heterocycles. The van der Waals surface area contributed by atoms with Crippen molar-refractivity contribution in [1.82, 2.24) is 9.97 Å². The second kappa shape index (κ2) is 5.35. The van der Waals surface area contributed by atoms with Crippen molar-refractivity contribution in [3.8, 4) is 11.4 Å². The molecule has 0 saturated heterocycles. The van der Waals surface area contributed by atoms with Crippen LogP contribution in [0.3, 0.4) is 0 Å². The molecule has 0 unspecified atom stereocenters. The number of H-pyrrole nitrogens is 1. The lowest BCUT2D eigenvalue weighted by molar-refractivity contribution is 0.0688. The van der Waals surface area contributed by atoms with E-state index in [1.54, 1.807) is 0 Å². The number of rotatable bonds is 3. The van der Waals surface area contributed by atoms with Crippen molar-refractivity contribution in [1.29, 1.82) is 0 Å². The number of carboxylic acid groups (broad SMARTS) is 1. The number of imidazole rings is 1. The van der Waals surface area contributed by atoms with E-state index in [0.717, 1.165) is 5.56 Å². The Balaban J connectivity index is 2.47. The van der Waals surface area contributed by atoms with Crippen molar-refractivity contribution in [2.75, 3.05) is 0 Å². The Morgan fingerprint density at radius 2 is 1.76 bits per heavy atom. The highest BCUT2D eigenvalue weighted by Gasteiger charge is 2.26. The summed E-state index contributed by atoms with van der Waals surface area (Å²) in [4.78, 5) is 18.8. The van der Waals surface area contributed by atoms with Gasteiger partial charge in [0.1, 0.15) is 5.82 Å². The molecule has 0 atom stereocenters. The second-order valence-electron chi connectivity index (χ2n) is 6.64. The molecular weight excluding hydrogens is 264 g/mol. The minimum Gasteiger partial charge on any atom is -0.476 e. The topological polar surface area (TPSA) is 66.0 Å². The first kappa shape index (κ1) is 15.3. The van der Waals surface area contributed by atoms with Gasteiger partial charge in [0.25, 0.3) is 0 Å². The highest BCUT2D eigenvalue weighted by molar-refractivity contribution is 5.88. The molecule has 4 nitrogen and oxygen atoms in total. The second-order valence-corrected chi connectivity index (χ2v) is 6.64. The number of nitrogens with one attached hydrogen (secondary N) is 1. The van der Waals surface area contributed by atoms with E-state index in [-0.39, 0.29) is 11.1 Å². The number of benzene rings is 1. The van der Waals surface area contributed by atoms with Gasteiger partial charge < -0.3 is 10.1 Å². The zero-order valence-electron chi connectivity index (χ0n) is 13.2. The molecule has 0 bridgehead atoms. The van der Waals surface area contributed by atoms with Crippen molar-refractivity contribution < 1.29 is 9.90 Å². The van der Waals surface area contributed by atoms with Crippen LogP contribution in [-0.2, 0) is 5.41 Å². The lowest BCUT2D eigenvalue weighted by atomic mass is 9.91. The minimum atomic E-state index is -0.999. The lowest BCUT2D eigenvalue weighted by Gasteiger charge is -2.16.